The summed E-state index contributed by atoms with van der Waals surface area (Å²) in [5.41, 5.74) is -0.266. The number of carbonyl (C=O) groups excluding carboxylic acids is 3. The Kier molecular flexibility index (Phi) is 11.8. The van der Waals surface area contributed by atoms with Crippen molar-refractivity contribution in [2.75, 3.05) is 6.54 Å². The van der Waals surface area contributed by atoms with Crippen molar-refractivity contribution in [1.82, 2.24) is 15.5 Å². The molecule has 0 saturated heterocycles. The van der Waals surface area contributed by atoms with E-state index in [1.807, 2.05) is 27.7 Å². The molecule has 0 aliphatic rings. The highest BCUT2D eigenvalue weighted by Gasteiger charge is 2.36. The van der Waals surface area contributed by atoms with Gasteiger partial charge in [0.25, 0.3) is 0 Å². The lowest BCUT2D eigenvalue weighted by molar-refractivity contribution is -0.142. The zero-order valence-electron chi connectivity index (χ0n) is 22.3. The van der Waals surface area contributed by atoms with Gasteiger partial charge in [0.2, 0.25) is 11.8 Å². The average molecular weight is 490 g/mol. The molecule has 1 rings (SSSR count). The molecule has 0 bridgehead atoms. The topological polar surface area (TPSA) is 108 Å². The zero-order valence-corrected chi connectivity index (χ0v) is 22.3. The first-order chi connectivity index (χ1) is 16.3. The Morgan fingerprint density at radius 1 is 1.17 bits per heavy atom. The summed E-state index contributed by atoms with van der Waals surface area (Å²) in [6, 6.07) is 4.25. The van der Waals surface area contributed by atoms with E-state index in [0.717, 1.165) is 12.8 Å². The summed E-state index contributed by atoms with van der Waals surface area (Å²) >= 11 is 0. The number of alkyl carbamates (subject to hydrolysis) is 1. The molecule has 0 fully saturated rings. The van der Waals surface area contributed by atoms with Crippen molar-refractivity contribution in [2.45, 2.75) is 91.5 Å². The summed E-state index contributed by atoms with van der Waals surface area (Å²) in [6.45, 7) is 16.9. The van der Waals surface area contributed by atoms with E-state index in [9.17, 15) is 19.5 Å². The molecule has 1 aromatic carbocycles. The fraction of sp³-hybridized carbons (Fsp3) is 0.593. The third-order valence-electron chi connectivity index (χ3n) is 5.16. The molecule has 0 radical (unpaired) electrons. The molecule has 0 aliphatic heterocycles. The van der Waals surface area contributed by atoms with Crippen molar-refractivity contribution in [2.24, 2.45) is 5.92 Å². The fourth-order valence-electron chi connectivity index (χ4n) is 3.80. The van der Waals surface area contributed by atoms with E-state index < -0.39 is 29.7 Å². The van der Waals surface area contributed by atoms with Gasteiger partial charge in [-0.2, -0.15) is 0 Å². The summed E-state index contributed by atoms with van der Waals surface area (Å²) in [5, 5.41) is 15.8. The average Bonchev–Trinajstić information content (AvgIpc) is 2.71. The summed E-state index contributed by atoms with van der Waals surface area (Å²) in [4.78, 5) is 41.3. The summed E-state index contributed by atoms with van der Waals surface area (Å²) < 4.78 is 5.37. The van der Waals surface area contributed by atoms with Crippen molar-refractivity contribution in [1.29, 1.82) is 0 Å². The van der Waals surface area contributed by atoms with Crippen LogP contribution in [0.4, 0.5) is 4.79 Å². The van der Waals surface area contributed by atoms with Crippen molar-refractivity contribution >= 4 is 17.9 Å². The Morgan fingerprint density at radius 3 is 2.34 bits per heavy atom. The van der Waals surface area contributed by atoms with Gasteiger partial charge in [0.05, 0.1) is 0 Å². The van der Waals surface area contributed by atoms with Crippen LogP contribution in [0.15, 0.2) is 36.9 Å². The minimum absolute atomic E-state index is 0.0153. The van der Waals surface area contributed by atoms with Gasteiger partial charge in [-0.05, 0) is 64.2 Å². The smallest absolute Gasteiger partial charge is 0.408 e. The summed E-state index contributed by atoms with van der Waals surface area (Å²) in [6.07, 6.45) is 2.86. The second kappa shape index (κ2) is 13.8. The van der Waals surface area contributed by atoms with Gasteiger partial charge in [-0.15, -0.1) is 6.58 Å². The maximum atomic E-state index is 13.9. The fourth-order valence-corrected chi connectivity index (χ4v) is 3.80. The molecule has 8 heteroatoms. The Morgan fingerprint density at radius 2 is 1.83 bits per heavy atom. The third kappa shape index (κ3) is 10.4. The van der Waals surface area contributed by atoms with Crippen LogP contribution < -0.4 is 10.6 Å². The Labute approximate surface area is 210 Å². The van der Waals surface area contributed by atoms with E-state index in [0.29, 0.717) is 12.0 Å². The first-order valence-electron chi connectivity index (χ1n) is 12.3. The summed E-state index contributed by atoms with van der Waals surface area (Å²) in [7, 11) is 0. The van der Waals surface area contributed by atoms with Crippen molar-refractivity contribution < 1.29 is 24.2 Å². The van der Waals surface area contributed by atoms with E-state index in [2.05, 4.69) is 17.2 Å². The monoisotopic (exact) mass is 489 g/mol. The molecular formula is C27H43N3O5. The maximum Gasteiger partial charge on any atom is 0.408 e. The zero-order chi connectivity index (χ0) is 26.8. The number of phenolic OH excluding ortho intramolecular Hbond substituents is 1. The molecule has 35 heavy (non-hydrogen) atoms. The SMILES string of the molecule is C=CCN(C(=O)C(CC(C)C)NC(=O)OC(C)(C)C)C(C(=O)NC(C)CCC)c1cccc(O)c1. The second-order valence-corrected chi connectivity index (χ2v) is 10.3. The highest BCUT2D eigenvalue weighted by molar-refractivity contribution is 5.92. The minimum atomic E-state index is -1.03. The predicted molar refractivity (Wildman–Crippen MR) is 138 cm³/mol. The maximum absolute atomic E-state index is 13.9. The van der Waals surface area contributed by atoms with Gasteiger partial charge in [0, 0.05) is 12.6 Å². The van der Waals surface area contributed by atoms with Crippen LogP contribution >= 0.6 is 0 Å². The van der Waals surface area contributed by atoms with Gasteiger partial charge in [-0.25, -0.2) is 4.79 Å². The molecule has 1 aromatic rings. The van der Waals surface area contributed by atoms with Gasteiger partial charge in [-0.3, -0.25) is 9.59 Å². The standard InChI is InChI=1S/C27H43N3O5/c1-9-12-19(5)28-24(32)23(20-13-11-14-21(31)17-20)30(15-10-2)25(33)22(16-18(3)4)29-26(34)35-27(6,7)8/h10-11,13-14,17-19,22-23,31H,2,9,12,15-16H2,1,3-8H3,(H,28,32)(H,29,34). The van der Waals surface area contributed by atoms with Crippen LogP contribution in [0.25, 0.3) is 0 Å². The molecule has 3 amide bonds. The molecule has 0 spiro atoms. The first kappa shape index (κ1) is 30.0. The lowest BCUT2D eigenvalue weighted by Gasteiger charge is -2.35. The van der Waals surface area contributed by atoms with Gasteiger partial charge < -0.3 is 25.4 Å². The van der Waals surface area contributed by atoms with E-state index in [4.69, 9.17) is 4.74 Å². The van der Waals surface area contributed by atoms with Crippen LogP contribution in [0.3, 0.4) is 0 Å². The second-order valence-electron chi connectivity index (χ2n) is 10.3. The number of hydrogen-bond donors (Lipinski definition) is 3. The quantitative estimate of drug-likeness (QED) is 0.369. The van der Waals surface area contributed by atoms with E-state index >= 15 is 0 Å². The highest BCUT2D eigenvalue weighted by Crippen LogP contribution is 2.26. The lowest BCUT2D eigenvalue weighted by atomic mass is 9.98. The summed E-state index contributed by atoms with van der Waals surface area (Å²) in [5.74, 6) is -0.732. The number of nitrogens with one attached hydrogen (secondary N) is 2. The number of carbonyl (C=O) groups is 3. The van der Waals surface area contributed by atoms with Gasteiger partial charge in [0.15, 0.2) is 0 Å². The number of aromatic hydroxyl groups is 1. The minimum Gasteiger partial charge on any atom is -0.508 e. The number of ether oxygens (including phenoxy) is 1. The van der Waals surface area contributed by atoms with Gasteiger partial charge >= 0.3 is 6.09 Å². The van der Waals surface area contributed by atoms with Crippen LogP contribution in [0.5, 0.6) is 5.75 Å². The largest absolute Gasteiger partial charge is 0.508 e. The van der Waals surface area contributed by atoms with Crippen LogP contribution in [0, 0.1) is 5.92 Å². The first-order valence-corrected chi connectivity index (χ1v) is 12.3. The molecule has 0 aliphatic carbocycles. The van der Waals surface area contributed by atoms with E-state index in [1.165, 1.54) is 23.1 Å². The van der Waals surface area contributed by atoms with Crippen LogP contribution in [-0.4, -0.2) is 52.1 Å². The number of benzene rings is 1. The number of hydrogen-bond acceptors (Lipinski definition) is 5. The number of amides is 3. The highest BCUT2D eigenvalue weighted by atomic mass is 16.6. The van der Waals surface area contributed by atoms with Crippen molar-refractivity contribution in [3.8, 4) is 5.75 Å². The van der Waals surface area contributed by atoms with Crippen LogP contribution in [0.2, 0.25) is 0 Å². The van der Waals surface area contributed by atoms with Crippen molar-refractivity contribution in [3.05, 3.63) is 42.5 Å². The Hall–Kier alpha value is -3.03. The Balaban J connectivity index is 3.43. The molecule has 3 atom stereocenters. The van der Waals surface area contributed by atoms with Crippen LogP contribution in [0.1, 0.15) is 79.3 Å². The molecule has 196 valence electrons. The predicted octanol–water partition coefficient (Wildman–Crippen LogP) is 4.69. The molecule has 0 heterocycles. The normalized spacial score (nSPS) is 13.9. The third-order valence-corrected chi connectivity index (χ3v) is 5.16. The number of rotatable bonds is 12. The molecule has 3 N–H and O–H groups in total. The van der Waals surface area contributed by atoms with Crippen molar-refractivity contribution in [3.63, 3.8) is 0 Å². The number of phenols is 1. The van der Waals surface area contributed by atoms with E-state index in [1.54, 1.807) is 32.9 Å². The molecule has 3 unspecified atom stereocenters. The molecule has 0 aromatic heterocycles. The van der Waals surface area contributed by atoms with E-state index in [-0.39, 0.29) is 30.2 Å². The van der Waals surface area contributed by atoms with Gasteiger partial charge in [-0.1, -0.05) is 45.4 Å². The molecule has 0 saturated carbocycles. The lowest BCUT2D eigenvalue weighted by Crippen LogP contribution is -2.54. The van der Waals surface area contributed by atoms with Gasteiger partial charge in [0.1, 0.15) is 23.4 Å². The molecule has 8 nitrogen and oxygen atoms in total. The molecular weight excluding hydrogens is 446 g/mol. The Bertz CT molecular complexity index is 863. The number of nitrogens with zero attached hydrogens (tertiary/aromatic N) is 1. The van der Waals surface area contributed by atoms with Crippen LogP contribution in [-0.2, 0) is 14.3 Å².